The molecule has 0 saturated carbocycles. The molecule has 13 aromatic carbocycles. The molecule has 0 bridgehead atoms. The third-order valence-corrected chi connectivity index (χ3v) is 21.9. The molecular formula is C96H70F4N2. The van der Waals surface area contributed by atoms with Crippen LogP contribution in [0.2, 0.25) is 0 Å². The Morgan fingerprint density at radius 3 is 1.24 bits per heavy atom. The Morgan fingerprint density at radius 1 is 0.363 bits per heavy atom. The molecule has 0 N–H and O–H groups in total. The summed E-state index contributed by atoms with van der Waals surface area (Å²) in [5.41, 5.74) is 25.4. The summed E-state index contributed by atoms with van der Waals surface area (Å²) < 4.78 is 67.8. The van der Waals surface area contributed by atoms with Crippen LogP contribution in [0.3, 0.4) is 0 Å². The van der Waals surface area contributed by atoms with E-state index in [1.165, 1.54) is 24.3 Å². The Bertz CT molecular complexity index is 5760. The number of rotatable bonds is 15. The zero-order chi connectivity index (χ0) is 69.9. The van der Waals surface area contributed by atoms with Gasteiger partial charge < -0.3 is 9.80 Å². The molecule has 0 heterocycles. The zero-order valence-corrected chi connectivity index (χ0v) is 57.1. The lowest BCUT2D eigenvalue weighted by molar-refractivity contribution is 0.601. The van der Waals surface area contributed by atoms with Gasteiger partial charge in [-0.1, -0.05) is 243 Å². The van der Waals surface area contributed by atoms with E-state index >= 15 is 17.6 Å². The third-order valence-electron chi connectivity index (χ3n) is 21.9. The molecular weight excluding hydrogens is 1260 g/mol. The predicted molar refractivity (Wildman–Crippen MR) is 412 cm³/mol. The van der Waals surface area contributed by atoms with Gasteiger partial charge in [-0.05, 0) is 235 Å². The van der Waals surface area contributed by atoms with Gasteiger partial charge in [0, 0.05) is 34.9 Å². The number of nitrogens with zero attached hydrogens (tertiary/aromatic N) is 2. The van der Waals surface area contributed by atoms with Crippen LogP contribution < -0.4 is 9.80 Å². The van der Waals surface area contributed by atoms with Crippen molar-refractivity contribution in [3.05, 3.63) is 435 Å². The van der Waals surface area contributed by atoms with Crippen LogP contribution >= 0.6 is 0 Å². The van der Waals surface area contributed by atoms with Crippen molar-refractivity contribution in [1.29, 1.82) is 0 Å². The van der Waals surface area contributed by atoms with Crippen LogP contribution in [-0.4, -0.2) is 0 Å². The van der Waals surface area contributed by atoms with Gasteiger partial charge in [0.1, 0.15) is 23.3 Å². The van der Waals surface area contributed by atoms with E-state index in [0.717, 1.165) is 151 Å². The molecule has 4 aliphatic rings. The van der Waals surface area contributed by atoms with Gasteiger partial charge in [-0.3, -0.25) is 0 Å². The topological polar surface area (TPSA) is 6.48 Å². The maximum absolute atomic E-state index is 17.5. The van der Waals surface area contributed by atoms with E-state index in [1.807, 2.05) is 52.3 Å². The average molecular weight is 1330 g/mol. The average Bonchev–Trinajstić information content (AvgIpc) is 1.51. The van der Waals surface area contributed by atoms with Gasteiger partial charge in [0.2, 0.25) is 0 Å². The summed E-state index contributed by atoms with van der Waals surface area (Å²) in [5, 5.41) is 0. The fourth-order valence-corrected chi connectivity index (χ4v) is 17.8. The van der Waals surface area contributed by atoms with Crippen molar-refractivity contribution in [2.75, 3.05) is 9.80 Å². The van der Waals surface area contributed by atoms with Gasteiger partial charge in [-0.15, -0.1) is 6.58 Å². The SMILES string of the molecule is C=C/C=C(\C=C/CC=C)C1(c2cc(C)ccc2C)c2ccccc2-c2ccc(N(c3ccc4c(c3)C3(c5ccccc5-4)c4ccccc4-c4ccc(N(c5ccc6c(c5)C(c5ccc(C=C)cc5)(c5cc(C)ccc5C)c5ccccc5-6)c5cc(F)ccc5F)cc43)c3cc(F)ccc3F)cc21. The summed E-state index contributed by atoms with van der Waals surface area (Å²) in [7, 11) is 0. The van der Waals surface area contributed by atoms with Crippen LogP contribution in [0.4, 0.5) is 51.7 Å². The molecule has 3 unspecified atom stereocenters. The first-order valence-corrected chi connectivity index (χ1v) is 34.7. The molecule has 4 aliphatic carbocycles. The molecule has 0 radical (unpaired) electrons. The highest BCUT2D eigenvalue weighted by atomic mass is 19.1. The Labute approximate surface area is 593 Å². The number of hydrogen-bond donors (Lipinski definition) is 0. The fourth-order valence-electron chi connectivity index (χ4n) is 17.8. The quantitative estimate of drug-likeness (QED) is 0.0573. The Kier molecular flexibility index (Phi) is 15.1. The highest BCUT2D eigenvalue weighted by Gasteiger charge is 2.54. The molecule has 0 aromatic heterocycles. The number of halogens is 4. The fraction of sp³-hybridized carbons (Fsp3) is 0.0833. The first-order valence-electron chi connectivity index (χ1n) is 34.7. The van der Waals surface area contributed by atoms with Gasteiger partial charge in [0.05, 0.1) is 27.6 Å². The van der Waals surface area contributed by atoms with E-state index in [9.17, 15) is 0 Å². The van der Waals surface area contributed by atoms with E-state index in [2.05, 4.69) is 272 Å². The summed E-state index contributed by atoms with van der Waals surface area (Å²) in [5.74, 6) is -2.41. The third kappa shape index (κ3) is 9.24. The van der Waals surface area contributed by atoms with Crippen LogP contribution in [-0.2, 0) is 16.2 Å². The van der Waals surface area contributed by atoms with Crippen LogP contribution in [0.1, 0.15) is 95.4 Å². The van der Waals surface area contributed by atoms with Crippen LogP contribution in [0.5, 0.6) is 0 Å². The standard InChI is InChI=1S/C96H70F4N2/c1-8-11-12-22-64(21-9-2)94(84-51-59(4)31-33-61(84)6)80-27-17-13-23-72(80)76-45-41-68(55-86(76)94)101(92-53-66(97)39-49-90(92)99)70-43-47-78-74-25-15-19-29-82(74)96(88(78)57-70)83-30-20-16-26-75(83)79-48-44-71(58-89(79)96)102(93-54-67(98)40-50-91(93)100)69-42-46-77-73-24-14-18-28-81(73)95(87(77)56-69,65-37-35-63(10-3)36-38-65)85-52-60(5)32-34-62(85)7/h8-10,12-58H,1-3,11H2,4-7H3/b22-12-,64-21+. The monoisotopic (exact) mass is 1330 g/mol. The molecule has 492 valence electrons. The summed E-state index contributed by atoms with van der Waals surface area (Å²) in [4.78, 5) is 3.73. The van der Waals surface area contributed by atoms with Crippen molar-refractivity contribution in [1.82, 2.24) is 0 Å². The molecule has 102 heavy (non-hydrogen) atoms. The summed E-state index contributed by atoms with van der Waals surface area (Å²) >= 11 is 0. The summed E-state index contributed by atoms with van der Waals surface area (Å²) in [6.07, 6.45) is 12.6. The minimum Gasteiger partial charge on any atom is -0.308 e. The molecule has 13 aromatic rings. The molecule has 3 atom stereocenters. The highest BCUT2D eigenvalue weighted by molar-refractivity contribution is 5.99. The lowest BCUT2D eigenvalue weighted by atomic mass is 9.65. The molecule has 0 amide bonds. The Balaban J connectivity index is 0.908. The maximum atomic E-state index is 17.5. The van der Waals surface area contributed by atoms with Crippen molar-refractivity contribution in [3.8, 4) is 44.5 Å². The lowest BCUT2D eigenvalue weighted by Gasteiger charge is -2.37. The first-order chi connectivity index (χ1) is 49.7. The number of aryl methyl sites for hydroxylation is 4. The molecule has 0 saturated heterocycles. The van der Waals surface area contributed by atoms with Crippen molar-refractivity contribution in [3.63, 3.8) is 0 Å². The largest absolute Gasteiger partial charge is 0.308 e. The molecule has 0 aliphatic heterocycles. The zero-order valence-electron chi connectivity index (χ0n) is 57.1. The molecule has 2 nitrogen and oxygen atoms in total. The smallest absolute Gasteiger partial charge is 0.147 e. The second-order valence-electron chi connectivity index (χ2n) is 27.5. The normalized spacial score (nSPS) is 16.9. The molecule has 1 spiro atoms. The van der Waals surface area contributed by atoms with Gasteiger partial charge in [0.25, 0.3) is 0 Å². The van der Waals surface area contributed by atoms with Crippen LogP contribution in [0.25, 0.3) is 50.6 Å². The minimum absolute atomic E-state index is 0.0233. The second-order valence-corrected chi connectivity index (χ2v) is 27.5. The number of benzene rings is 13. The van der Waals surface area contributed by atoms with E-state index in [1.54, 1.807) is 0 Å². The highest BCUT2D eigenvalue weighted by Crippen LogP contribution is 2.66. The van der Waals surface area contributed by atoms with E-state index in [0.29, 0.717) is 29.2 Å². The van der Waals surface area contributed by atoms with Crippen molar-refractivity contribution in [2.24, 2.45) is 0 Å². The van der Waals surface area contributed by atoms with Gasteiger partial charge >= 0.3 is 0 Å². The number of allylic oxidation sites excluding steroid dienone is 6. The van der Waals surface area contributed by atoms with Crippen molar-refractivity contribution in [2.45, 2.75) is 50.4 Å². The first kappa shape index (κ1) is 63.3. The molecule has 17 rings (SSSR count). The summed E-state index contributed by atoms with van der Waals surface area (Å²) in [6, 6.07) is 88.5. The Hall–Kier alpha value is -12.1. The van der Waals surface area contributed by atoms with E-state index in [-0.39, 0.29) is 11.4 Å². The number of hydrogen-bond acceptors (Lipinski definition) is 2. The molecule has 0 fully saturated rings. The van der Waals surface area contributed by atoms with Crippen molar-refractivity contribution < 1.29 is 17.6 Å². The van der Waals surface area contributed by atoms with Crippen LogP contribution in [0.15, 0.2) is 323 Å². The van der Waals surface area contributed by atoms with Gasteiger partial charge in [-0.25, -0.2) is 17.6 Å². The van der Waals surface area contributed by atoms with E-state index < -0.39 is 39.5 Å². The van der Waals surface area contributed by atoms with Crippen LogP contribution in [0, 0.1) is 51.0 Å². The predicted octanol–water partition coefficient (Wildman–Crippen LogP) is 25.3. The second kappa shape index (κ2) is 24.4. The Morgan fingerprint density at radius 2 is 0.765 bits per heavy atom. The molecule has 6 heteroatoms. The maximum Gasteiger partial charge on any atom is 0.147 e. The van der Waals surface area contributed by atoms with E-state index in [4.69, 9.17) is 0 Å². The number of fused-ring (bicyclic) bond motifs is 16. The van der Waals surface area contributed by atoms with Gasteiger partial charge in [-0.2, -0.15) is 0 Å². The van der Waals surface area contributed by atoms with Crippen molar-refractivity contribution >= 4 is 40.2 Å². The summed E-state index contributed by atoms with van der Waals surface area (Å²) in [6.45, 7) is 21.0. The van der Waals surface area contributed by atoms with Gasteiger partial charge in [0.15, 0.2) is 0 Å². The lowest BCUT2D eigenvalue weighted by Crippen LogP contribution is -2.30. The number of anilines is 6. The minimum atomic E-state index is -1.06.